The van der Waals surface area contributed by atoms with Crippen molar-refractivity contribution in [2.75, 3.05) is 5.32 Å². The highest BCUT2D eigenvalue weighted by Gasteiger charge is 2.21. The fraction of sp³-hybridized carbons (Fsp3) is 0.0714. The first kappa shape index (κ1) is 12.2. The number of hydrogen-bond donors (Lipinski definition) is 2. The fourth-order valence-electron chi connectivity index (χ4n) is 2.04. The summed E-state index contributed by atoms with van der Waals surface area (Å²) >= 11 is 0. The maximum Gasteiger partial charge on any atom is 0.262 e. The number of rotatable bonds is 2. The minimum atomic E-state index is -0.398. The number of aromatic amines is 1. The van der Waals surface area contributed by atoms with Crippen LogP contribution in [-0.4, -0.2) is 15.9 Å². The normalized spacial score (nSPS) is 10.7. The van der Waals surface area contributed by atoms with Gasteiger partial charge in [-0.3, -0.25) is 9.59 Å². The highest BCUT2D eigenvalue weighted by Crippen LogP contribution is 2.21. The summed E-state index contributed by atoms with van der Waals surface area (Å²) in [6.45, 7) is 1.63. The van der Waals surface area contributed by atoms with E-state index in [-0.39, 0.29) is 16.7 Å². The van der Waals surface area contributed by atoms with Crippen LogP contribution in [0.1, 0.15) is 16.1 Å². The molecule has 2 heterocycles. The molecule has 3 rings (SSSR count). The second-order valence-electron chi connectivity index (χ2n) is 4.27. The van der Waals surface area contributed by atoms with Crippen molar-refractivity contribution in [3.8, 4) is 0 Å². The van der Waals surface area contributed by atoms with Crippen molar-refractivity contribution < 1.29 is 9.21 Å². The number of carbonyl (C=O) groups excluding carboxylic acids is 1. The van der Waals surface area contributed by atoms with Crippen LogP contribution in [0.15, 0.2) is 45.9 Å². The molecule has 100 valence electrons. The maximum atomic E-state index is 12.3. The van der Waals surface area contributed by atoms with Crippen LogP contribution in [0.25, 0.3) is 11.1 Å². The molecule has 6 heteroatoms. The Balaban J connectivity index is 2.08. The molecule has 0 saturated carbocycles. The van der Waals surface area contributed by atoms with Gasteiger partial charge in [-0.1, -0.05) is 18.2 Å². The lowest BCUT2D eigenvalue weighted by molar-refractivity contribution is 0.102. The minimum absolute atomic E-state index is 0.157. The van der Waals surface area contributed by atoms with Crippen molar-refractivity contribution in [3.63, 3.8) is 0 Å². The largest absolute Gasteiger partial charge is 0.442 e. The van der Waals surface area contributed by atoms with Gasteiger partial charge in [-0.05, 0) is 19.1 Å². The predicted molar refractivity (Wildman–Crippen MR) is 73.8 cm³/mol. The minimum Gasteiger partial charge on any atom is -0.442 e. The van der Waals surface area contributed by atoms with E-state index in [1.807, 2.05) is 18.2 Å². The van der Waals surface area contributed by atoms with Gasteiger partial charge in [-0.2, -0.15) is 0 Å². The van der Waals surface area contributed by atoms with Gasteiger partial charge in [0.25, 0.3) is 11.5 Å². The zero-order chi connectivity index (χ0) is 14.1. The van der Waals surface area contributed by atoms with Gasteiger partial charge in [-0.15, -0.1) is 0 Å². The molecule has 0 aliphatic heterocycles. The monoisotopic (exact) mass is 269 g/mol. The first-order chi connectivity index (χ1) is 9.66. The summed E-state index contributed by atoms with van der Waals surface area (Å²) in [5.41, 5.74) is 0.610. The third kappa shape index (κ3) is 1.97. The van der Waals surface area contributed by atoms with Gasteiger partial charge in [-0.25, -0.2) is 4.98 Å². The van der Waals surface area contributed by atoms with Crippen LogP contribution in [-0.2, 0) is 0 Å². The molecule has 2 aromatic heterocycles. The van der Waals surface area contributed by atoms with E-state index in [9.17, 15) is 9.59 Å². The van der Waals surface area contributed by atoms with E-state index in [4.69, 9.17) is 4.42 Å². The van der Waals surface area contributed by atoms with Gasteiger partial charge < -0.3 is 14.7 Å². The van der Waals surface area contributed by atoms with Gasteiger partial charge in [0.1, 0.15) is 11.1 Å². The SMILES string of the molecule is Cc1oc2nc[nH]c(=O)c2c1C(=O)Nc1ccccc1. The van der Waals surface area contributed by atoms with Gasteiger partial charge in [0.05, 0.1) is 11.9 Å². The Labute approximate surface area is 113 Å². The van der Waals surface area contributed by atoms with Gasteiger partial charge in [0.15, 0.2) is 0 Å². The van der Waals surface area contributed by atoms with Crippen molar-refractivity contribution in [1.82, 2.24) is 9.97 Å². The lowest BCUT2D eigenvalue weighted by atomic mass is 10.1. The highest BCUT2D eigenvalue weighted by molar-refractivity contribution is 6.12. The van der Waals surface area contributed by atoms with E-state index >= 15 is 0 Å². The average Bonchev–Trinajstić information content (AvgIpc) is 2.77. The Morgan fingerprint density at radius 3 is 2.80 bits per heavy atom. The molecule has 0 saturated heterocycles. The molecule has 0 unspecified atom stereocenters. The smallest absolute Gasteiger partial charge is 0.262 e. The number of aryl methyl sites for hydroxylation is 1. The number of nitrogens with zero attached hydrogens (tertiary/aromatic N) is 1. The van der Waals surface area contributed by atoms with Crippen molar-refractivity contribution >= 4 is 22.7 Å². The second kappa shape index (κ2) is 4.65. The van der Waals surface area contributed by atoms with E-state index < -0.39 is 11.5 Å². The van der Waals surface area contributed by atoms with Crippen LogP contribution < -0.4 is 10.9 Å². The lowest BCUT2D eigenvalue weighted by Crippen LogP contribution is -2.16. The summed E-state index contributed by atoms with van der Waals surface area (Å²) < 4.78 is 5.35. The van der Waals surface area contributed by atoms with Crippen molar-refractivity contribution in [2.24, 2.45) is 0 Å². The number of fused-ring (bicyclic) bond motifs is 1. The molecule has 0 bridgehead atoms. The summed E-state index contributed by atoms with van der Waals surface area (Å²) in [5.74, 6) is -0.0384. The molecular weight excluding hydrogens is 258 g/mol. The topological polar surface area (TPSA) is 88.0 Å². The molecule has 20 heavy (non-hydrogen) atoms. The zero-order valence-corrected chi connectivity index (χ0v) is 10.6. The van der Waals surface area contributed by atoms with Gasteiger partial charge in [0, 0.05) is 5.69 Å². The van der Waals surface area contributed by atoms with Crippen molar-refractivity contribution in [1.29, 1.82) is 0 Å². The summed E-state index contributed by atoms with van der Waals surface area (Å²) in [5, 5.41) is 2.89. The summed E-state index contributed by atoms with van der Waals surface area (Å²) in [6.07, 6.45) is 1.24. The number of amides is 1. The summed E-state index contributed by atoms with van der Waals surface area (Å²) in [7, 11) is 0. The Hall–Kier alpha value is -2.89. The van der Waals surface area contributed by atoms with E-state index in [1.165, 1.54) is 6.33 Å². The number of para-hydroxylation sites is 1. The van der Waals surface area contributed by atoms with E-state index in [2.05, 4.69) is 15.3 Å². The lowest BCUT2D eigenvalue weighted by Gasteiger charge is -2.03. The Bertz CT molecular complexity index is 834. The van der Waals surface area contributed by atoms with Crippen LogP contribution >= 0.6 is 0 Å². The van der Waals surface area contributed by atoms with E-state index in [1.54, 1.807) is 19.1 Å². The van der Waals surface area contributed by atoms with Crippen LogP contribution in [0.2, 0.25) is 0 Å². The number of carbonyl (C=O) groups is 1. The number of H-pyrrole nitrogens is 1. The molecule has 0 aliphatic rings. The molecule has 3 aromatic rings. The van der Waals surface area contributed by atoms with Gasteiger partial charge >= 0.3 is 0 Å². The van der Waals surface area contributed by atoms with E-state index in [0.29, 0.717) is 11.4 Å². The molecular formula is C14H11N3O3. The molecule has 0 radical (unpaired) electrons. The molecule has 0 fully saturated rings. The zero-order valence-electron chi connectivity index (χ0n) is 10.6. The number of anilines is 1. The number of benzene rings is 1. The third-order valence-electron chi connectivity index (χ3n) is 2.93. The van der Waals surface area contributed by atoms with Crippen LogP contribution in [0, 0.1) is 6.92 Å². The maximum absolute atomic E-state index is 12.3. The molecule has 0 spiro atoms. The average molecular weight is 269 g/mol. The Kier molecular flexibility index (Phi) is 2.83. The third-order valence-corrected chi connectivity index (χ3v) is 2.93. The summed E-state index contributed by atoms with van der Waals surface area (Å²) in [6, 6.07) is 8.99. The molecule has 1 amide bonds. The number of hydrogen-bond acceptors (Lipinski definition) is 4. The Morgan fingerprint density at radius 2 is 2.05 bits per heavy atom. The fourth-order valence-corrected chi connectivity index (χ4v) is 2.04. The van der Waals surface area contributed by atoms with E-state index in [0.717, 1.165) is 0 Å². The van der Waals surface area contributed by atoms with Crippen LogP contribution in [0.4, 0.5) is 5.69 Å². The Morgan fingerprint density at radius 1 is 1.30 bits per heavy atom. The van der Waals surface area contributed by atoms with Crippen LogP contribution in [0.3, 0.4) is 0 Å². The molecule has 6 nitrogen and oxygen atoms in total. The number of aromatic nitrogens is 2. The van der Waals surface area contributed by atoms with Gasteiger partial charge in [0.2, 0.25) is 5.71 Å². The van der Waals surface area contributed by atoms with Crippen molar-refractivity contribution in [2.45, 2.75) is 6.92 Å². The van der Waals surface area contributed by atoms with Crippen molar-refractivity contribution in [3.05, 3.63) is 58.3 Å². The molecule has 1 aromatic carbocycles. The predicted octanol–water partition coefficient (Wildman–Crippen LogP) is 2.08. The second-order valence-corrected chi connectivity index (χ2v) is 4.27. The quantitative estimate of drug-likeness (QED) is 0.745. The molecule has 0 atom stereocenters. The van der Waals surface area contributed by atoms with Crippen LogP contribution in [0.5, 0.6) is 0 Å². The molecule has 0 aliphatic carbocycles. The molecule has 2 N–H and O–H groups in total. The number of nitrogens with one attached hydrogen (secondary N) is 2. The first-order valence-electron chi connectivity index (χ1n) is 6.00. The first-order valence-corrected chi connectivity index (χ1v) is 6.00. The number of furan rings is 1. The standard InChI is InChI=1S/C14H11N3O3/c1-8-10(11-12(18)15-7-16-14(11)20-8)13(19)17-9-5-3-2-4-6-9/h2-7H,1H3,(H,17,19)(H,15,16,18). The summed E-state index contributed by atoms with van der Waals surface area (Å²) in [4.78, 5) is 30.5. The highest BCUT2D eigenvalue weighted by atomic mass is 16.3.